The standard InChI is InChI=1S/C30H33N5O3/c31-25(16-20-8-2-1-3-9-20)28(36)18-21(13-14-23-10-6-7-15-33-23)30(38)35-27(29(32)37)17-22-19-34-26-12-5-4-11-24(22)26/h1-12,15,19,21,25,27,34H,13-14,16-18,31H2,(H2,32,37)(H,35,38). The van der Waals surface area contributed by atoms with E-state index in [1.165, 1.54) is 0 Å². The third-order valence-corrected chi connectivity index (χ3v) is 6.76. The summed E-state index contributed by atoms with van der Waals surface area (Å²) in [5.41, 5.74) is 15.5. The van der Waals surface area contributed by atoms with Crippen molar-refractivity contribution in [3.63, 3.8) is 0 Å². The van der Waals surface area contributed by atoms with Crippen molar-refractivity contribution in [2.24, 2.45) is 17.4 Å². The Balaban J connectivity index is 1.47. The fourth-order valence-corrected chi connectivity index (χ4v) is 4.60. The maximum Gasteiger partial charge on any atom is 0.240 e. The van der Waals surface area contributed by atoms with Crippen LogP contribution in [0.25, 0.3) is 10.9 Å². The Hall–Kier alpha value is -4.30. The topological polar surface area (TPSA) is 144 Å². The summed E-state index contributed by atoms with van der Waals surface area (Å²) in [6.45, 7) is 0. The molecule has 3 unspecified atom stereocenters. The molecule has 4 rings (SSSR count). The van der Waals surface area contributed by atoms with Gasteiger partial charge in [-0.2, -0.15) is 0 Å². The van der Waals surface area contributed by atoms with Gasteiger partial charge < -0.3 is 21.8 Å². The zero-order valence-electron chi connectivity index (χ0n) is 21.2. The Morgan fingerprint density at radius 2 is 1.66 bits per heavy atom. The molecule has 38 heavy (non-hydrogen) atoms. The van der Waals surface area contributed by atoms with Crippen LogP contribution in [0.15, 0.2) is 85.2 Å². The van der Waals surface area contributed by atoms with Gasteiger partial charge in [-0.25, -0.2) is 0 Å². The molecule has 0 aliphatic rings. The van der Waals surface area contributed by atoms with Crippen LogP contribution in [0.1, 0.15) is 29.7 Å². The monoisotopic (exact) mass is 511 g/mol. The molecule has 2 aromatic heterocycles. The molecule has 0 aliphatic heterocycles. The number of Topliss-reactive ketones (excluding diaryl/α,β-unsaturated/α-hetero) is 1. The predicted octanol–water partition coefficient (Wildman–Crippen LogP) is 2.85. The third kappa shape index (κ3) is 7.14. The average Bonchev–Trinajstić information content (AvgIpc) is 3.34. The number of carbonyl (C=O) groups is 3. The number of hydrogen-bond acceptors (Lipinski definition) is 5. The third-order valence-electron chi connectivity index (χ3n) is 6.76. The summed E-state index contributed by atoms with van der Waals surface area (Å²) in [6, 6.07) is 21.2. The Morgan fingerprint density at radius 1 is 0.921 bits per heavy atom. The molecular formula is C30H33N5O3. The van der Waals surface area contributed by atoms with Gasteiger partial charge in [0.05, 0.1) is 6.04 Å². The van der Waals surface area contributed by atoms with Gasteiger partial charge in [-0.1, -0.05) is 54.6 Å². The van der Waals surface area contributed by atoms with Crippen LogP contribution in [-0.2, 0) is 33.6 Å². The lowest BCUT2D eigenvalue weighted by Crippen LogP contribution is -2.48. The predicted molar refractivity (Wildman–Crippen MR) is 147 cm³/mol. The minimum Gasteiger partial charge on any atom is -0.368 e. The summed E-state index contributed by atoms with van der Waals surface area (Å²) in [4.78, 5) is 46.4. The first-order chi connectivity index (χ1) is 18.4. The largest absolute Gasteiger partial charge is 0.368 e. The number of H-pyrrole nitrogens is 1. The van der Waals surface area contributed by atoms with Crippen LogP contribution in [-0.4, -0.2) is 39.6 Å². The maximum absolute atomic E-state index is 13.4. The van der Waals surface area contributed by atoms with Gasteiger partial charge in [0.15, 0.2) is 5.78 Å². The highest BCUT2D eigenvalue weighted by atomic mass is 16.2. The van der Waals surface area contributed by atoms with E-state index in [-0.39, 0.29) is 18.6 Å². The highest BCUT2D eigenvalue weighted by Gasteiger charge is 2.28. The number of nitrogens with zero attached hydrogens (tertiary/aromatic N) is 1. The second kappa shape index (κ2) is 12.8. The number of aryl methyl sites for hydroxylation is 1. The lowest BCUT2D eigenvalue weighted by atomic mass is 9.90. The number of hydrogen-bond donors (Lipinski definition) is 4. The number of rotatable bonds is 13. The van der Waals surface area contributed by atoms with E-state index < -0.39 is 29.8 Å². The summed E-state index contributed by atoms with van der Waals surface area (Å²) in [6.07, 6.45) is 4.98. The number of ketones is 1. The molecule has 0 saturated carbocycles. The van der Waals surface area contributed by atoms with Crippen LogP contribution in [0, 0.1) is 5.92 Å². The van der Waals surface area contributed by atoms with E-state index in [4.69, 9.17) is 11.5 Å². The van der Waals surface area contributed by atoms with Crippen molar-refractivity contribution >= 4 is 28.5 Å². The van der Waals surface area contributed by atoms with Crippen LogP contribution in [0.2, 0.25) is 0 Å². The number of amides is 2. The molecule has 2 heterocycles. The molecule has 4 aromatic rings. The molecular weight excluding hydrogens is 478 g/mol. The highest BCUT2D eigenvalue weighted by Crippen LogP contribution is 2.20. The molecule has 0 radical (unpaired) electrons. The molecule has 0 fully saturated rings. The Morgan fingerprint density at radius 3 is 2.39 bits per heavy atom. The molecule has 8 heteroatoms. The molecule has 2 amide bonds. The fourth-order valence-electron chi connectivity index (χ4n) is 4.60. The van der Waals surface area contributed by atoms with Crippen molar-refractivity contribution in [1.82, 2.24) is 15.3 Å². The quantitative estimate of drug-likeness (QED) is 0.218. The first-order valence-electron chi connectivity index (χ1n) is 12.8. The van der Waals surface area contributed by atoms with Gasteiger partial charge in [-0.05, 0) is 48.6 Å². The van der Waals surface area contributed by atoms with Crippen molar-refractivity contribution in [3.05, 3.63) is 102 Å². The molecule has 0 spiro atoms. The van der Waals surface area contributed by atoms with E-state index >= 15 is 0 Å². The second-order valence-electron chi connectivity index (χ2n) is 9.55. The molecule has 0 saturated heterocycles. The normalized spacial score (nSPS) is 13.5. The number of nitrogens with two attached hydrogens (primary N) is 2. The average molecular weight is 512 g/mol. The first kappa shape index (κ1) is 26.8. The Bertz CT molecular complexity index is 1370. The van der Waals surface area contributed by atoms with Crippen molar-refractivity contribution in [2.45, 2.75) is 44.2 Å². The van der Waals surface area contributed by atoms with Crippen molar-refractivity contribution in [2.75, 3.05) is 0 Å². The maximum atomic E-state index is 13.4. The molecule has 0 aliphatic carbocycles. The van der Waals surface area contributed by atoms with Crippen LogP contribution in [0.3, 0.4) is 0 Å². The summed E-state index contributed by atoms with van der Waals surface area (Å²) >= 11 is 0. The molecule has 196 valence electrons. The lowest BCUT2D eigenvalue weighted by Gasteiger charge is -2.22. The fraction of sp³-hybridized carbons (Fsp3) is 0.267. The number of aromatic amines is 1. The molecule has 8 nitrogen and oxygen atoms in total. The van der Waals surface area contributed by atoms with E-state index in [2.05, 4.69) is 15.3 Å². The number of primary amides is 1. The molecule has 0 bridgehead atoms. The van der Waals surface area contributed by atoms with Gasteiger partial charge in [-0.15, -0.1) is 0 Å². The molecule has 6 N–H and O–H groups in total. The smallest absolute Gasteiger partial charge is 0.240 e. The van der Waals surface area contributed by atoms with E-state index in [0.29, 0.717) is 19.3 Å². The van der Waals surface area contributed by atoms with E-state index in [1.54, 1.807) is 6.20 Å². The zero-order valence-corrected chi connectivity index (χ0v) is 21.2. The number of aromatic nitrogens is 2. The van der Waals surface area contributed by atoms with Gasteiger partial charge in [-0.3, -0.25) is 19.4 Å². The highest BCUT2D eigenvalue weighted by molar-refractivity contribution is 5.92. The first-order valence-corrected chi connectivity index (χ1v) is 12.8. The van der Waals surface area contributed by atoms with Gasteiger partial charge in [0, 0.05) is 47.8 Å². The summed E-state index contributed by atoms with van der Waals surface area (Å²) in [7, 11) is 0. The number of nitrogens with one attached hydrogen (secondary N) is 2. The number of carbonyl (C=O) groups excluding carboxylic acids is 3. The summed E-state index contributed by atoms with van der Waals surface area (Å²) in [5.74, 6) is -1.93. The number of pyridine rings is 1. The number of benzene rings is 2. The van der Waals surface area contributed by atoms with Crippen molar-refractivity contribution < 1.29 is 14.4 Å². The van der Waals surface area contributed by atoms with E-state index in [0.717, 1.165) is 27.7 Å². The van der Waals surface area contributed by atoms with E-state index in [9.17, 15) is 14.4 Å². The van der Waals surface area contributed by atoms with Gasteiger partial charge in [0.2, 0.25) is 11.8 Å². The summed E-state index contributed by atoms with van der Waals surface area (Å²) in [5, 5.41) is 3.77. The van der Waals surface area contributed by atoms with Crippen molar-refractivity contribution in [1.29, 1.82) is 0 Å². The lowest BCUT2D eigenvalue weighted by molar-refractivity contribution is -0.132. The number of fused-ring (bicyclic) bond motifs is 1. The van der Waals surface area contributed by atoms with Crippen LogP contribution in [0.5, 0.6) is 0 Å². The van der Waals surface area contributed by atoms with Crippen LogP contribution in [0.4, 0.5) is 0 Å². The second-order valence-corrected chi connectivity index (χ2v) is 9.55. The minimum absolute atomic E-state index is 0.0365. The number of para-hydroxylation sites is 1. The van der Waals surface area contributed by atoms with E-state index in [1.807, 2.05) is 79.0 Å². The molecule has 3 atom stereocenters. The van der Waals surface area contributed by atoms with Gasteiger partial charge >= 0.3 is 0 Å². The van der Waals surface area contributed by atoms with Gasteiger partial charge in [0.1, 0.15) is 6.04 Å². The van der Waals surface area contributed by atoms with Crippen LogP contribution >= 0.6 is 0 Å². The summed E-state index contributed by atoms with van der Waals surface area (Å²) < 4.78 is 0. The SMILES string of the molecule is NC(=O)C(Cc1c[nH]c2ccccc12)NC(=O)C(CCc1ccccn1)CC(=O)C(N)Cc1ccccc1. The minimum atomic E-state index is -0.924. The Labute approximate surface area is 221 Å². The van der Waals surface area contributed by atoms with Crippen LogP contribution < -0.4 is 16.8 Å². The Kier molecular flexibility index (Phi) is 9.00. The van der Waals surface area contributed by atoms with Gasteiger partial charge in [0.25, 0.3) is 0 Å². The zero-order chi connectivity index (χ0) is 26.9. The molecule has 2 aromatic carbocycles. The van der Waals surface area contributed by atoms with Crippen molar-refractivity contribution in [3.8, 4) is 0 Å².